The maximum atomic E-state index is 9.13. The lowest BCUT2D eigenvalue weighted by Crippen LogP contribution is -2.07. The van der Waals surface area contributed by atoms with Gasteiger partial charge in [-0.1, -0.05) is 0 Å². The third-order valence-electron chi connectivity index (χ3n) is 2.06. The molecule has 0 saturated carbocycles. The molecule has 94 valence electrons. The zero-order valence-corrected chi connectivity index (χ0v) is 11.5. The molecule has 0 atom stereocenters. The number of thioether (sulfide) groups is 1. The fraction of sp³-hybridized carbons (Fsp3) is 0.308. The van der Waals surface area contributed by atoms with Gasteiger partial charge in [0.15, 0.2) is 0 Å². The summed E-state index contributed by atoms with van der Waals surface area (Å²) in [7, 11) is 0. The van der Waals surface area contributed by atoms with Crippen LogP contribution in [0.1, 0.15) is 25.0 Å². The largest absolute Gasteiger partial charge is 0.490 e. The van der Waals surface area contributed by atoms with Crippen LogP contribution in [0.15, 0.2) is 28.4 Å². The zero-order valence-electron chi connectivity index (χ0n) is 10.7. The first kappa shape index (κ1) is 14.3. The Morgan fingerprint density at radius 2 is 2.22 bits per heavy atom. The van der Waals surface area contributed by atoms with E-state index in [1.807, 2.05) is 26.2 Å². The van der Waals surface area contributed by atoms with E-state index in [-0.39, 0.29) is 6.10 Å². The normalized spacial score (nSPS) is 11.2. The number of ether oxygens (including phenoxy) is 1. The number of hydrogen-bond donors (Lipinski definition) is 0. The van der Waals surface area contributed by atoms with E-state index in [2.05, 4.69) is 23.0 Å². The molecule has 0 N–H and O–H groups in total. The summed E-state index contributed by atoms with van der Waals surface area (Å²) >= 11 is 1.45. The van der Waals surface area contributed by atoms with Gasteiger partial charge in [-0.15, -0.1) is 16.9 Å². The average Bonchev–Trinajstić information content (AvgIpc) is 2.36. The van der Waals surface area contributed by atoms with Gasteiger partial charge in [0, 0.05) is 12.3 Å². The van der Waals surface area contributed by atoms with Crippen molar-refractivity contribution in [3.8, 4) is 11.8 Å². The van der Waals surface area contributed by atoms with E-state index in [0.29, 0.717) is 11.3 Å². The molecule has 0 aromatic heterocycles. The molecule has 0 spiro atoms. The predicted molar refractivity (Wildman–Crippen MR) is 76.5 cm³/mol. The van der Waals surface area contributed by atoms with E-state index < -0.39 is 0 Å². The minimum absolute atomic E-state index is 0.0338. The van der Waals surface area contributed by atoms with Crippen LogP contribution in [0.5, 0.6) is 5.75 Å². The molecular formula is C13H15N3OS. The van der Waals surface area contributed by atoms with E-state index in [0.717, 1.165) is 10.6 Å². The van der Waals surface area contributed by atoms with Gasteiger partial charge in [-0.3, -0.25) is 0 Å². The summed E-state index contributed by atoms with van der Waals surface area (Å²) in [5.74, 6) is 0.586. The van der Waals surface area contributed by atoms with Crippen molar-refractivity contribution in [1.29, 1.82) is 5.26 Å². The van der Waals surface area contributed by atoms with Gasteiger partial charge in [-0.05, 0) is 38.3 Å². The Hall–Kier alpha value is -1.80. The van der Waals surface area contributed by atoms with Crippen molar-refractivity contribution in [3.63, 3.8) is 0 Å². The molecule has 0 fully saturated rings. The minimum atomic E-state index is 0.0338. The second-order valence-corrected chi connectivity index (χ2v) is 4.53. The molecule has 0 amide bonds. The molecule has 5 heteroatoms. The highest BCUT2D eigenvalue weighted by molar-refractivity contribution is 8.13. The van der Waals surface area contributed by atoms with E-state index in [1.54, 1.807) is 12.1 Å². The molecular weight excluding hydrogens is 246 g/mol. The fourth-order valence-corrected chi connectivity index (χ4v) is 1.89. The van der Waals surface area contributed by atoms with Crippen molar-refractivity contribution in [2.24, 2.45) is 10.2 Å². The van der Waals surface area contributed by atoms with Gasteiger partial charge in [0.1, 0.15) is 16.9 Å². The maximum absolute atomic E-state index is 9.13. The van der Waals surface area contributed by atoms with Crippen molar-refractivity contribution in [2.75, 3.05) is 6.26 Å². The van der Waals surface area contributed by atoms with Crippen LogP contribution >= 0.6 is 11.8 Å². The van der Waals surface area contributed by atoms with Crippen LogP contribution in [-0.4, -0.2) is 24.1 Å². The van der Waals surface area contributed by atoms with E-state index in [1.165, 1.54) is 11.8 Å². The Morgan fingerprint density at radius 3 is 2.72 bits per heavy atom. The molecule has 1 aromatic rings. The summed E-state index contributed by atoms with van der Waals surface area (Å²) in [6, 6.07) is 7.52. The molecule has 0 unspecified atom stereocenters. The first-order valence-electron chi connectivity index (χ1n) is 5.41. The molecule has 0 heterocycles. The molecule has 0 bridgehead atoms. The molecule has 0 aliphatic carbocycles. The molecule has 0 radical (unpaired) electrons. The third-order valence-corrected chi connectivity index (χ3v) is 2.77. The Bertz CT molecular complexity index is 503. The highest BCUT2D eigenvalue weighted by atomic mass is 32.2. The lowest BCUT2D eigenvalue weighted by atomic mass is 10.1. The van der Waals surface area contributed by atoms with E-state index in [4.69, 9.17) is 10.00 Å². The van der Waals surface area contributed by atoms with E-state index >= 15 is 0 Å². The number of benzene rings is 1. The first-order chi connectivity index (χ1) is 8.62. The predicted octanol–water partition coefficient (Wildman–Crippen LogP) is 3.07. The standard InChI is InChI=1S/C13H15N3OS/c1-9(2)17-12-6-5-10(7-11(12)8-14)13(18-4)16-15-3/h5-7,9H,3H2,1-2,4H3. The lowest BCUT2D eigenvalue weighted by Gasteiger charge is -2.12. The van der Waals surface area contributed by atoms with Gasteiger partial charge in [-0.25, -0.2) is 0 Å². The van der Waals surface area contributed by atoms with E-state index in [9.17, 15) is 0 Å². The average molecular weight is 261 g/mol. The van der Waals surface area contributed by atoms with Crippen molar-refractivity contribution in [3.05, 3.63) is 29.3 Å². The summed E-state index contributed by atoms with van der Waals surface area (Å²) in [4.78, 5) is 0. The summed E-state index contributed by atoms with van der Waals surface area (Å²) in [6.45, 7) is 7.18. The third kappa shape index (κ3) is 3.60. The van der Waals surface area contributed by atoms with Crippen LogP contribution in [0.3, 0.4) is 0 Å². The van der Waals surface area contributed by atoms with Crippen LogP contribution in [0.25, 0.3) is 0 Å². The molecule has 1 rings (SSSR count). The Balaban J connectivity index is 3.17. The van der Waals surface area contributed by atoms with Gasteiger partial charge in [-0.2, -0.15) is 10.4 Å². The summed E-state index contributed by atoms with van der Waals surface area (Å²) in [5.41, 5.74) is 1.33. The van der Waals surface area contributed by atoms with Crippen molar-refractivity contribution in [2.45, 2.75) is 20.0 Å². The Labute approximate surface area is 111 Å². The van der Waals surface area contributed by atoms with Crippen molar-refractivity contribution >= 4 is 23.5 Å². The smallest absolute Gasteiger partial charge is 0.137 e. The van der Waals surface area contributed by atoms with Gasteiger partial charge >= 0.3 is 0 Å². The van der Waals surface area contributed by atoms with Crippen molar-refractivity contribution in [1.82, 2.24) is 0 Å². The number of hydrogen-bond acceptors (Lipinski definition) is 5. The SMILES string of the molecule is C=NN=C(SC)c1ccc(OC(C)C)c(C#N)c1. The van der Waals surface area contributed by atoms with Crippen LogP contribution in [-0.2, 0) is 0 Å². The molecule has 4 nitrogen and oxygen atoms in total. The molecule has 0 saturated heterocycles. The van der Waals surface area contributed by atoms with Gasteiger partial charge in [0.05, 0.1) is 11.7 Å². The van der Waals surface area contributed by atoms with Gasteiger partial charge in [0.2, 0.25) is 0 Å². The Morgan fingerprint density at radius 1 is 1.50 bits per heavy atom. The molecule has 0 aliphatic heterocycles. The van der Waals surface area contributed by atoms with Crippen LogP contribution in [0.2, 0.25) is 0 Å². The minimum Gasteiger partial charge on any atom is -0.490 e. The molecule has 0 aliphatic rings. The van der Waals surface area contributed by atoms with Crippen LogP contribution in [0, 0.1) is 11.3 Å². The van der Waals surface area contributed by atoms with Crippen LogP contribution < -0.4 is 4.74 Å². The highest BCUT2D eigenvalue weighted by Crippen LogP contribution is 2.23. The number of nitriles is 1. The first-order valence-corrected chi connectivity index (χ1v) is 6.63. The van der Waals surface area contributed by atoms with Crippen molar-refractivity contribution < 1.29 is 4.74 Å². The number of rotatable bonds is 4. The molecule has 18 heavy (non-hydrogen) atoms. The topological polar surface area (TPSA) is 57.7 Å². The molecule has 1 aromatic carbocycles. The maximum Gasteiger partial charge on any atom is 0.137 e. The second kappa shape index (κ2) is 6.82. The summed E-state index contributed by atoms with van der Waals surface area (Å²) in [6.07, 6.45) is 1.93. The summed E-state index contributed by atoms with van der Waals surface area (Å²) < 4.78 is 5.56. The van der Waals surface area contributed by atoms with Crippen LogP contribution in [0.4, 0.5) is 0 Å². The second-order valence-electron chi connectivity index (χ2n) is 3.74. The summed E-state index contributed by atoms with van der Waals surface area (Å²) in [5, 5.41) is 17.3. The monoisotopic (exact) mass is 261 g/mol. The quantitative estimate of drug-likeness (QED) is 0.475. The Kier molecular flexibility index (Phi) is 5.40. The zero-order chi connectivity index (χ0) is 13.5. The number of nitrogens with zero attached hydrogens (tertiary/aromatic N) is 3. The highest BCUT2D eigenvalue weighted by Gasteiger charge is 2.09. The lowest BCUT2D eigenvalue weighted by molar-refractivity contribution is 0.241. The fourth-order valence-electron chi connectivity index (χ4n) is 1.39. The van der Waals surface area contributed by atoms with Gasteiger partial charge < -0.3 is 4.74 Å². The van der Waals surface area contributed by atoms with Gasteiger partial charge in [0.25, 0.3) is 0 Å².